The van der Waals surface area contributed by atoms with Crippen molar-refractivity contribution in [3.05, 3.63) is 82.9 Å². The fraction of sp³-hybridized carbons (Fsp3) is 0.150. The molecular formula is C20H16F2N4O2. The normalized spacial score (nSPS) is 12.7. The van der Waals surface area contributed by atoms with Gasteiger partial charge in [-0.25, -0.2) is 13.8 Å². The lowest BCUT2D eigenvalue weighted by Crippen LogP contribution is -2.23. The molecule has 1 aliphatic heterocycles. The largest absolute Gasteiger partial charge is 0.433 e. The van der Waals surface area contributed by atoms with Crippen molar-refractivity contribution in [2.24, 2.45) is 4.99 Å². The molecule has 3 heterocycles. The second-order valence-corrected chi connectivity index (χ2v) is 6.38. The van der Waals surface area contributed by atoms with Crippen molar-refractivity contribution in [3.8, 4) is 0 Å². The van der Waals surface area contributed by atoms with Gasteiger partial charge in [0.2, 0.25) is 5.88 Å². The van der Waals surface area contributed by atoms with E-state index in [9.17, 15) is 13.6 Å². The van der Waals surface area contributed by atoms with E-state index in [4.69, 9.17) is 4.42 Å². The molecule has 6 nitrogen and oxygen atoms in total. The van der Waals surface area contributed by atoms with E-state index in [0.29, 0.717) is 31.1 Å². The van der Waals surface area contributed by atoms with Crippen LogP contribution in [0.1, 0.15) is 27.2 Å². The number of hydrogen-bond donors (Lipinski definition) is 1. The first-order valence-corrected chi connectivity index (χ1v) is 8.60. The Morgan fingerprint density at radius 2 is 1.93 bits per heavy atom. The number of carbonyl (C=O) groups is 1. The Morgan fingerprint density at radius 3 is 2.71 bits per heavy atom. The van der Waals surface area contributed by atoms with Gasteiger partial charge in [0.25, 0.3) is 5.91 Å². The fourth-order valence-electron chi connectivity index (χ4n) is 2.89. The average molecular weight is 382 g/mol. The quantitative estimate of drug-likeness (QED) is 0.733. The maximum atomic E-state index is 13.4. The number of carbonyl (C=O) groups excluding carboxylic acids is 1. The van der Waals surface area contributed by atoms with E-state index in [1.165, 1.54) is 6.07 Å². The van der Waals surface area contributed by atoms with Gasteiger partial charge in [0.05, 0.1) is 6.34 Å². The maximum Gasteiger partial charge on any atom is 0.287 e. The summed E-state index contributed by atoms with van der Waals surface area (Å²) in [4.78, 5) is 22.3. The molecule has 0 spiro atoms. The van der Waals surface area contributed by atoms with Crippen molar-refractivity contribution in [2.75, 3.05) is 0 Å². The lowest BCUT2D eigenvalue weighted by Gasteiger charge is -2.21. The van der Waals surface area contributed by atoms with Gasteiger partial charge < -0.3 is 14.6 Å². The molecular weight excluding hydrogens is 366 g/mol. The van der Waals surface area contributed by atoms with Crippen LogP contribution in [-0.2, 0) is 19.6 Å². The number of hydrogen-bond acceptors (Lipinski definition) is 5. The maximum absolute atomic E-state index is 13.4. The van der Waals surface area contributed by atoms with Gasteiger partial charge in [0.15, 0.2) is 17.4 Å². The van der Waals surface area contributed by atoms with Crippen LogP contribution in [0.2, 0.25) is 0 Å². The number of fused-ring (bicyclic) bond motifs is 1. The molecule has 0 bridgehead atoms. The highest BCUT2D eigenvalue weighted by Crippen LogP contribution is 2.29. The lowest BCUT2D eigenvalue weighted by atomic mass is 10.2. The fourth-order valence-corrected chi connectivity index (χ4v) is 2.89. The number of nitrogens with one attached hydrogen (secondary N) is 1. The minimum Gasteiger partial charge on any atom is -0.433 e. The molecule has 0 aliphatic carbocycles. The molecule has 1 N–H and O–H groups in total. The second kappa shape index (κ2) is 7.59. The number of furan rings is 1. The summed E-state index contributed by atoms with van der Waals surface area (Å²) in [6.07, 6.45) is 4.87. The summed E-state index contributed by atoms with van der Waals surface area (Å²) >= 11 is 0. The second-order valence-electron chi connectivity index (χ2n) is 6.38. The summed E-state index contributed by atoms with van der Waals surface area (Å²) < 4.78 is 32.0. The minimum atomic E-state index is -0.886. The first-order valence-electron chi connectivity index (χ1n) is 8.60. The smallest absolute Gasteiger partial charge is 0.287 e. The Balaban J connectivity index is 1.40. The Morgan fingerprint density at radius 1 is 1.11 bits per heavy atom. The molecule has 1 amide bonds. The SMILES string of the molecule is O=C(NCc1ccncc1)c1cc2c(o1)N=CN(Cc1ccc(F)c(F)c1)C2. The van der Waals surface area contributed by atoms with Crippen LogP contribution < -0.4 is 5.32 Å². The molecule has 2 aromatic heterocycles. The molecule has 0 radical (unpaired) electrons. The zero-order valence-electron chi connectivity index (χ0n) is 14.7. The molecule has 0 saturated heterocycles. The minimum absolute atomic E-state index is 0.172. The number of aromatic nitrogens is 1. The lowest BCUT2D eigenvalue weighted by molar-refractivity contribution is 0.0924. The highest BCUT2D eigenvalue weighted by atomic mass is 19.2. The monoisotopic (exact) mass is 382 g/mol. The average Bonchev–Trinajstić information content (AvgIpc) is 3.13. The van der Waals surface area contributed by atoms with Crippen LogP contribution in [-0.4, -0.2) is 22.1 Å². The Bertz CT molecular complexity index is 1030. The molecule has 28 heavy (non-hydrogen) atoms. The first kappa shape index (κ1) is 17.8. The molecule has 1 aliphatic rings. The third kappa shape index (κ3) is 3.90. The molecule has 0 saturated carbocycles. The number of halogens is 2. The predicted molar refractivity (Wildman–Crippen MR) is 97.9 cm³/mol. The number of pyridine rings is 1. The summed E-state index contributed by atoms with van der Waals surface area (Å²) in [6.45, 7) is 1.16. The van der Waals surface area contributed by atoms with E-state index < -0.39 is 11.6 Å². The van der Waals surface area contributed by atoms with Gasteiger partial charge in [-0.3, -0.25) is 9.78 Å². The summed E-state index contributed by atoms with van der Waals surface area (Å²) in [6, 6.07) is 9.05. The van der Waals surface area contributed by atoms with E-state index in [2.05, 4.69) is 15.3 Å². The van der Waals surface area contributed by atoms with Gasteiger partial charge in [-0.2, -0.15) is 0 Å². The number of nitrogens with zero attached hydrogens (tertiary/aromatic N) is 3. The van der Waals surface area contributed by atoms with Crippen LogP contribution in [0.5, 0.6) is 0 Å². The molecule has 0 atom stereocenters. The molecule has 8 heteroatoms. The summed E-state index contributed by atoms with van der Waals surface area (Å²) in [7, 11) is 0. The third-order valence-electron chi connectivity index (χ3n) is 4.29. The number of amides is 1. The van der Waals surface area contributed by atoms with Crippen LogP contribution in [0.15, 0.2) is 58.2 Å². The summed E-state index contributed by atoms with van der Waals surface area (Å²) in [5, 5.41) is 2.78. The van der Waals surface area contributed by atoms with E-state index in [1.807, 2.05) is 17.0 Å². The standard InChI is InChI=1S/C20H16F2N4O2/c21-16-2-1-14(7-17(16)22)10-26-11-15-8-18(28-20(15)25-12-26)19(27)24-9-13-3-5-23-6-4-13/h1-8,12H,9-11H2,(H,24,27). The van der Waals surface area contributed by atoms with Crippen molar-refractivity contribution in [1.29, 1.82) is 0 Å². The van der Waals surface area contributed by atoms with Crippen LogP contribution in [0.25, 0.3) is 0 Å². The zero-order chi connectivity index (χ0) is 19.5. The van der Waals surface area contributed by atoms with Gasteiger partial charge in [0.1, 0.15) is 0 Å². The van der Waals surface area contributed by atoms with Gasteiger partial charge in [-0.1, -0.05) is 6.07 Å². The van der Waals surface area contributed by atoms with Crippen molar-refractivity contribution in [2.45, 2.75) is 19.6 Å². The van der Waals surface area contributed by atoms with E-state index in [0.717, 1.165) is 23.3 Å². The van der Waals surface area contributed by atoms with E-state index in [-0.39, 0.29) is 11.7 Å². The van der Waals surface area contributed by atoms with Crippen LogP contribution in [0.4, 0.5) is 14.7 Å². The Labute approximate surface area is 159 Å². The first-order chi connectivity index (χ1) is 13.6. The van der Waals surface area contributed by atoms with Gasteiger partial charge in [-0.05, 0) is 41.5 Å². The van der Waals surface area contributed by atoms with Crippen LogP contribution >= 0.6 is 0 Å². The summed E-state index contributed by atoms with van der Waals surface area (Å²) in [5.74, 6) is -1.56. The number of benzene rings is 1. The topological polar surface area (TPSA) is 70.7 Å². The molecule has 0 unspecified atom stereocenters. The Kier molecular flexibility index (Phi) is 4.84. The predicted octanol–water partition coefficient (Wildman–Crippen LogP) is 3.56. The van der Waals surface area contributed by atoms with Gasteiger partial charge >= 0.3 is 0 Å². The van der Waals surface area contributed by atoms with Gasteiger partial charge in [0, 0.05) is 37.6 Å². The molecule has 1 aromatic carbocycles. The molecule has 142 valence electrons. The highest BCUT2D eigenvalue weighted by molar-refractivity contribution is 5.92. The highest BCUT2D eigenvalue weighted by Gasteiger charge is 2.21. The summed E-state index contributed by atoms with van der Waals surface area (Å²) in [5.41, 5.74) is 2.29. The van der Waals surface area contributed by atoms with Crippen molar-refractivity contribution < 1.29 is 18.0 Å². The number of rotatable bonds is 5. The van der Waals surface area contributed by atoms with Crippen LogP contribution in [0, 0.1) is 11.6 Å². The molecule has 3 aromatic rings. The molecule has 0 fully saturated rings. The van der Waals surface area contributed by atoms with E-state index >= 15 is 0 Å². The van der Waals surface area contributed by atoms with Crippen molar-refractivity contribution >= 4 is 18.1 Å². The van der Waals surface area contributed by atoms with Crippen LogP contribution in [0.3, 0.4) is 0 Å². The zero-order valence-corrected chi connectivity index (χ0v) is 14.7. The number of aliphatic imine (C=N–C) groups is 1. The van der Waals surface area contributed by atoms with Crippen molar-refractivity contribution in [3.63, 3.8) is 0 Å². The Hall–Kier alpha value is -3.55. The van der Waals surface area contributed by atoms with Gasteiger partial charge in [-0.15, -0.1) is 0 Å². The molecule has 4 rings (SSSR count). The third-order valence-corrected chi connectivity index (χ3v) is 4.29. The van der Waals surface area contributed by atoms with E-state index in [1.54, 1.807) is 24.8 Å². The van der Waals surface area contributed by atoms with Crippen molar-refractivity contribution in [1.82, 2.24) is 15.2 Å².